The van der Waals surface area contributed by atoms with Gasteiger partial charge in [-0.25, -0.2) is 0 Å². The second-order valence-electron chi connectivity index (χ2n) is 7.68. The number of rotatable bonds is 7. The van der Waals surface area contributed by atoms with Crippen LogP contribution in [0.25, 0.3) is 5.76 Å². The molecule has 1 fully saturated rings. The van der Waals surface area contributed by atoms with Gasteiger partial charge in [0.05, 0.1) is 25.3 Å². The Balaban J connectivity index is 1.89. The summed E-state index contributed by atoms with van der Waals surface area (Å²) in [6.45, 7) is 2.20. The average molecular weight is 460 g/mol. The van der Waals surface area contributed by atoms with E-state index < -0.39 is 17.7 Å². The van der Waals surface area contributed by atoms with Crippen molar-refractivity contribution < 1.29 is 29.3 Å². The molecule has 0 saturated carbocycles. The van der Waals surface area contributed by atoms with Crippen LogP contribution in [-0.4, -0.2) is 45.5 Å². The molecule has 0 aliphatic carbocycles. The molecule has 3 aromatic rings. The van der Waals surface area contributed by atoms with Crippen LogP contribution in [0.3, 0.4) is 0 Å². The Morgan fingerprint density at radius 1 is 1.12 bits per heavy atom. The van der Waals surface area contributed by atoms with Gasteiger partial charge in [-0.15, -0.1) is 0 Å². The van der Waals surface area contributed by atoms with Crippen molar-refractivity contribution in [2.45, 2.75) is 19.5 Å². The van der Waals surface area contributed by atoms with Crippen molar-refractivity contribution in [2.24, 2.45) is 0 Å². The predicted molar refractivity (Wildman–Crippen MR) is 124 cm³/mol. The molecule has 8 nitrogen and oxygen atoms in total. The fraction of sp³-hybridized carbons (Fsp3) is 0.192. The molecule has 1 amide bonds. The van der Waals surface area contributed by atoms with E-state index in [0.717, 1.165) is 5.56 Å². The first-order valence-corrected chi connectivity index (χ1v) is 10.7. The van der Waals surface area contributed by atoms with Gasteiger partial charge in [0.25, 0.3) is 11.7 Å². The van der Waals surface area contributed by atoms with Crippen LogP contribution in [0.4, 0.5) is 0 Å². The van der Waals surface area contributed by atoms with E-state index in [-0.39, 0.29) is 29.4 Å². The highest BCUT2D eigenvalue weighted by Gasteiger charge is 2.46. The molecule has 1 aromatic heterocycles. The van der Waals surface area contributed by atoms with Crippen LogP contribution in [0.2, 0.25) is 0 Å². The largest absolute Gasteiger partial charge is 0.507 e. The number of pyridine rings is 1. The third kappa shape index (κ3) is 4.30. The van der Waals surface area contributed by atoms with Crippen LogP contribution in [0.5, 0.6) is 17.2 Å². The fourth-order valence-corrected chi connectivity index (χ4v) is 3.98. The third-order valence-corrected chi connectivity index (χ3v) is 5.56. The lowest BCUT2D eigenvalue weighted by molar-refractivity contribution is -0.140. The number of phenols is 1. The Hall–Kier alpha value is -4.33. The number of likely N-dealkylation sites (tertiary alicyclic amines) is 1. The fourth-order valence-electron chi connectivity index (χ4n) is 3.98. The normalized spacial score (nSPS) is 17.1. The number of nitrogens with zero attached hydrogens (tertiary/aromatic N) is 2. The molecule has 0 spiro atoms. The lowest BCUT2D eigenvalue weighted by atomic mass is 9.94. The van der Waals surface area contributed by atoms with Crippen LogP contribution in [0, 0.1) is 0 Å². The van der Waals surface area contributed by atoms with E-state index in [1.54, 1.807) is 67.8 Å². The van der Waals surface area contributed by atoms with Gasteiger partial charge in [-0.3, -0.25) is 14.6 Å². The molecule has 1 aliphatic rings. The first kappa shape index (κ1) is 22.8. The second kappa shape index (κ2) is 9.66. The molecule has 1 unspecified atom stereocenters. The average Bonchev–Trinajstić information content (AvgIpc) is 3.10. The number of ketones is 1. The molecule has 1 saturated heterocycles. The molecule has 0 bridgehead atoms. The summed E-state index contributed by atoms with van der Waals surface area (Å²) in [6, 6.07) is 13.9. The van der Waals surface area contributed by atoms with Crippen molar-refractivity contribution >= 4 is 17.4 Å². The topological polar surface area (TPSA) is 109 Å². The van der Waals surface area contributed by atoms with Gasteiger partial charge in [0, 0.05) is 24.5 Å². The zero-order chi connectivity index (χ0) is 24.2. The molecule has 34 heavy (non-hydrogen) atoms. The van der Waals surface area contributed by atoms with Crippen LogP contribution in [0.1, 0.15) is 29.7 Å². The van der Waals surface area contributed by atoms with Gasteiger partial charge in [0.2, 0.25) is 0 Å². The van der Waals surface area contributed by atoms with Gasteiger partial charge in [-0.2, -0.15) is 0 Å². The number of aliphatic hydroxyl groups excluding tert-OH is 1. The van der Waals surface area contributed by atoms with Crippen LogP contribution >= 0.6 is 0 Å². The van der Waals surface area contributed by atoms with Crippen molar-refractivity contribution in [2.75, 3.05) is 13.7 Å². The highest BCUT2D eigenvalue weighted by Crippen LogP contribution is 2.42. The molecule has 4 rings (SSSR count). The number of carbonyl (C=O) groups excluding carboxylic acids is 2. The molecule has 174 valence electrons. The zero-order valence-electron chi connectivity index (χ0n) is 18.8. The van der Waals surface area contributed by atoms with Gasteiger partial charge in [0.1, 0.15) is 11.5 Å². The van der Waals surface area contributed by atoms with Crippen molar-refractivity contribution in [1.82, 2.24) is 9.88 Å². The molecular weight excluding hydrogens is 436 g/mol. The number of ether oxygens (including phenoxy) is 2. The van der Waals surface area contributed by atoms with Crippen LogP contribution < -0.4 is 9.47 Å². The summed E-state index contributed by atoms with van der Waals surface area (Å²) >= 11 is 0. The standard InChI is InChI=1S/C26H24N2O6/c1-3-34-21-13-17(9-10-20(21)29)23-22(24(30)18-7-4-8-19(12-18)33-2)25(31)26(32)28(23)15-16-6-5-11-27-14-16/h4-14,23,29-30H,3,15H2,1-2H3. The van der Waals surface area contributed by atoms with Crippen molar-refractivity contribution in [3.8, 4) is 17.2 Å². The van der Waals surface area contributed by atoms with Crippen molar-refractivity contribution in [3.63, 3.8) is 0 Å². The molecule has 1 atom stereocenters. The number of amides is 1. The Morgan fingerprint density at radius 2 is 1.94 bits per heavy atom. The van der Waals surface area contributed by atoms with Crippen LogP contribution in [0.15, 0.2) is 72.6 Å². The molecule has 2 N–H and O–H groups in total. The Bertz CT molecular complexity index is 1260. The summed E-state index contributed by atoms with van der Waals surface area (Å²) in [4.78, 5) is 31.8. The monoisotopic (exact) mass is 460 g/mol. The Labute approximate surface area is 196 Å². The number of hydrogen-bond donors (Lipinski definition) is 2. The smallest absolute Gasteiger partial charge is 0.295 e. The highest BCUT2D eigenvalue weighted by molar-refractivity contribution is 6.46. The van der Waals surface area contributed by atoms with E-state index in [2.05, 4.69) is 4.98 Å². The van der Waals surface area contributed by atoms with Crippen LogP contribution in [-0.2, 0) is 16.1 Å². The number of Topliss-reactive ketones (excluding diaryl/α,β-unsaturated/α-hetero) is 1. The molecular formula is C26H24N2O6. The van der Waals surface area contributed by atoms with Gasteiger partial charge < -0.3 is 24.6 Å². The molecule has 0 radical (unpaired) electrons. The number of carbonyl (C=O) groups is 2. The Kier molecular flexibility index (Phi) is 6.49. The van der Waals surface area contributed by atoms with E-state index in [0.29, 0.717) is 23.5 Å². The summed E-state index contributed by atoms with van der Waals surface area (Å²) in [6.07, 6.45) is 3.23. The summed E-state index contributed by atoms with van der Waals surface area (Å²) in [5.41, 5.74) is 1.51. The predicted octanol–water partition coefficient (Wildman–Crippen LogP) is 3.82. The summed E-state index contributed by atoms with van der Waals surface area (Å²) in [5, 5.41) is 21.4. The quantitative estimate of drug-likeness (QED) is 0.313. The lowest BCUT2D eigenvalue weighted by Crippen LogP contribution is -2.29. The van der Waals surface area contributed by atoms with Gasteiger partial charge in [-0.05, 0) is 48.4 Å². The number of aromatic nitrogens is 1. The number of phenolic OH excluding ortho intramolecular Hbond substituents is 1. The number of methoxy groups -OCH3 is 1. The minimum Gasteiger partial charge on any atom is -0.507 e. The number of benzene rings is 2. The van der Waals surface area contributed by atoms with E-state index in [4.69, 9.17) is 9.47 Å². The third-order valence-electron chi connectivity index (χ3n) is 5.56. The van der Waals surface area contributed by atoms with Gasteiger partial charge in [0.15, 0.2) is 11.5 Å². The van der Waals surface area contributed by atoms with Crippen molar-refractivity contribution in [3.05, 3.63) is 89.3 Å². The maximum atomic E-state index is 13.2. The number of aromatic hydroxyl groups is 1. The van der Waals surface area contributed by atoms with Gasteiger partial charge in [-0.1, -0.05) is 24.3 Å². The lowest BCUT2D eigenvalue weighted by Gasteiger charge is -2.26. The SMILES string of the molecule is CCOc1cc(C2C(=C(O)c3cccc(OC)c3)C(=O)C(=O)N2Cc2cccnc2)ccc1O. The maximum Gasteiger partial charge on any atom is 0.295 e. The Morgan fingerprint density at radius 3 is 2.65 bits per heavy atom. The molecule has 1 aliphatic heterocycles. The summed E-state index contributed by atoms with van der Waals surface area (Å²) in [7, 11) is 1.50. The zero-order valence-corrected chi connectivity index (χ0v) is 18.8. The highest BCUT2D eigenvalue weighted by atomic mass is 16.5. The van der Waals surface area contributed by atoms with Crippen molar-refractivity contribution in [1.29, 1.82) is 0 Å². The number of hydrogen-bond acceptors (Lipinski definition) is 7. The maximum absolute atomic E-state index is 13.2. The molecule has 2 aromatic carbocycles. The second-order valence-corrected chi connectivity index (χ2v) is 7.68. The number of aliphatic hydroxyl groups is 1. The first-order chi connectivity index (χ1) is 16.4. The van der Waals surface area contributed by atoms with E-state index in [9.17, 15) is 19.8 Å². The minimum absolute atomic E-state index is 0.0599. The van der Waals surface area contributed by atoms with E-state index in [1.165, 1.54) is 18.1 Å². The molecule has 8 heteroatoms. The van der Waals surface area contributed by atoms with E-state index >= 15 is 0 Å². The van der Waals surface area contributed by atoms with Gasteiger partial charge >= 0.3 is 0 Å². The first-order valence-electron chi connectivity index (χ1n) is 10.7. The molecule has 2 heterocycles. The minimum atomic E-state index is -0.911. The van der Waals surface area contributed by atoms with E-state index in [1.807, 2.05) is 0 Å². The summed E-state index contributed by atoms with van der Waals surface area (Å²) in [5.74, 6) is -1.23. The summed E-state index contributed by atoms with van der Waals surface area (Å²) < 4.78 is 10.7.